The zero-order chi connectivity index (χ0) is 14.4. The molecule has 0 aromatic carbocycles. The Hall–Kier alpha value is -1.36. The Morgan fingerprint density at radius 3 is 2.75 bits per heavy atom. The predicted molar refractivity (Wildman–Crippen MR) is 82.0 cm³/mol. The van der Waals surface area contributed by atoms with Crippen LogP contribution < -0.4 is 10.6 Å². The van der Waals surface area contributed by atoms with Crippen molar-refractivity contribution < 1.29 is 4.74 Å². The Bertz CT molecular complexity index is 424. The molecule has 2 rings (SSSR count). The zero-order valence-corrected chi connectivity index (χ0v) is 12.8. The van der Waals surface area contributed by atoms with Crippen molar-refractivity contribution in [2.75, 3.05) is 24.3 Å². The van der Waals surface area contributed by atoms with E-state index in [9.17, 15) is 0 Å². The third-order valence-corrected chi connectivity index (χ3v) is 3.80. The Morgan fingerprint density at radius 2 is 2.10 bits per heavy atom. The molecular weight excluding hydrogens is 252 g/mol. The standard InChI is InChI=1S/C15H26N4O/c1-4-8-16-13-9-14(19-15(18-13)10-20-3)17-12-7-5-6-11(12)2/h9,11-12H,4-8,10H2,1-3H3,(H2,16,17,18,19). The third-order valence-electron chi connectivity index (χ3n) is 3.80. The summed E-state index contributed by atoms with van der Waals surface area (Å²) >= 11 is 0. The molecule has 1 aliphatic rings. The fourth-order valence-electron chi connectivity index (χ4n) is 2.66. The number of methoxy groups -OCH3 is 1. The quantitative estimate of drug-likeness (QED) is 0.803. The van der Waals surface area contributed by atoms with Crippen LogP contribution in [0.25, 0.3) is 0 Å². The van der Waals surface area contributed by atoms with E-state index >= 15 is 0 Å². The van der Waals surface area contributed by atoms with Gasteiger partial charge in [-0.3, -0.25) is 0 Å². The molecular formula is C15H26N4O. The SMILES string of the molecule is CCCNc1cc(NC2CCCC2C)nc(COC)n1. The molecule has 1 heterocycles. The van der Waals surface area contributed by atoms with Crippen molar-refractivity contribution in [2.45, 2.75) is 52.2 Å². The molecule has 2 N–H and O–H groups in total. The summed E-state index contributed by atoms with van der Waals surface area (Å²) in [5.74, 6) is 3.22. The molecule has 1 saturated carbocycles. The maximum atomic E-state index is 5.15. The molecule has 112 valence electrons. The van der Waals surface area contributed by atoms with E-state index in [-0.39, 0.29) is 0 Å². The monoisotopic (exact) mass is 278 g/mol. The Labute approximate surface area is 121 Å². The third kappa shape index (κ3) is 4.07. The van der Waals surface area contributed by atoms with Gasteiger partial charge in [0.1, 0.15) is 18.2 Å². The molecule has 0 aliphatic heterocycles. The van der Waals surface area contributed by atoms with Gasteiger partial charge in [-0.05, 0) is 25.2 Å². The predicted octanol–water partition coefficient (Wildman–Crippen LogP) is 3.05. The van der Waals surface area contributed by atoms with Gasteiger partial charge in [0.25, 0.3) is 0 Å². The number of nitrogens with zero attached hydrogens (tertiary/aromatic N) is 2. The molecule has 20 heavy (non-hydrogen) atoms. The summed E-state index contributed by atoms with van der Waals surface area (Å²) in [6.07, 6.45) is 4.90. The lowest BCUT2D eigenvalue weighted by atomic mass is 10.1. The topological polar surface area (TPSA) is 59.1 Å². The van der Waals surface area contributed by atoms with Crippen molar-refractivity contribution in [2.24, 2.45) is 5.92 Å². The van der Waals surface area contributed by atoms with Gasteiger partial charge in [0.15, 0.2) is 5.82 Å². The highest BCUT2D eigenvalue weighted by molar-refractivity contribution is 5.48. The Balaban J connectivity index is 2.10. The molecule has 1 aliphatic carbocycles. The van der Waals surface area contributed by atoms with Crippen LogP contribution in [0.5, 0.6) is 0 Å². The van der Waals surface area contributed by atoms with E-state index in [1.54, 1.807) is 7.11 Å². The van der Waals surface area contributed by atoms with Gasteiger partial charge in [0, 0.05) is 25.8 Å². The normalized spacial score (nSPS) is 21.9. The minimum absolute atomic E-state index is 0.441. The van der Waals surface area contributed by atoms with Gasteiger partial charge < -0.3 is 15.4 Å². The van der Waals surface area contributed by atoms with Gasteiger partial charge in [-0.2, -0.15) is 0 Å². The van der Waals surface area contributed by atoms with E-state index in [1.165, 1.54) is 19.3 Å². The Morgan fingerprint density at radius 1 is 1.30 bits per heavy atom. The first kappa shape index (κ1) is 15.0. The average molecular weight is 278 g/mol. The molecule has 0 radical (unpaired) electrons. The zero-order valence-electron chi connectivity index (χ0n) is 12.8. The van der Waals surface area contributed by atoms with Gasteiger partial charge in [0.05, 0.1) is 0 Å². The molecule has 1 aromatic rings. The van der Waals surface area contributed by atoms with Crippen LogP contribution in [-0.4, -0.2) is 29.7 Å². The van der Waals surface area contributed by atoms with Crippen LogP contribution >= 0.6 is 0 Å². The summed E-state index contributed by atoms with van der Waals surface area (Å²) in [7, 11) is 1.67. The lowest BCUT2D eigenvalue weighted by molar-refractivity contribution is 0.178. The van der Waals surface area contributed by atoms with Crippen molar-refractivity contribution in [3.63, 3.8) is 0 Å². The highest BCUT2D eigenvalue weighted by Crippen LogP contribution is 2.28. The maximum absolute atomic E-state index is 5.15. The van der Waals surface area contributed by atoms with Crippen molar-refractivity contribution >= 4 is 11.6 Å². The van der Waals surface area contributed by atoms with Gasteiger partial charge in [0.2, 0.25) is 0 Å². The largest absolute Gasteiger partial charge is 0.377 e. The van der Waals surface area contributed by atoms with Crippen molar-refractivity contribution in [1.82, 2.24) is 9.97 Å². The van der Waals surface area contributed by atoms with E-state index in [0.29, 0.717) is 18.6 Å². The van der Waals surface area contributed by atoms with Crippen LogP contribution in [0.1, 0.15) is 45.4 Å². The number of hydrogen-bond acceptors (Lipinski definition) is 5. The van der Waals surface area contributed by atoms with Crippen LogP contribution in [0.2, 0.25) is 0 Å². The summed E-state index contributed by atoms with van der Waals surface area (Å²) in [4.78, 5) is 9.01. The van der Waals surface area contributed by atoms with Gasteiger partial charge in [-0.1, -0.05) is 20.3 Å². The smallest absolute Gasteiger partial charge is 0.158 e. The van der Waals surface area contributed by atoms with Crippen LogP contribution in [-0.2, 0) is 11.3 Å². The van der Waals surface area contributed by atoms with Gasteiger partial charge in [-0.15, -0.1) is 0 Å². The van der Waals surface area contributed by atoms with E-state index in [1.807, 2.05) is 6.07 Å². The first-order chi connectivity index (χ1) is 9.72. The van der Waals surface area contributed by atoms with Crippen LogP contribution in [0, 0.1) is 5.92 Å². The van der Waals surface area contributed by atoms with Crippen molar-refractivity contribution in [3.05, 3.63) is 11.9 Å². The van der Waals surface area contributed by atoms with Crippen molar-refractivity contribution in [1.29, 1.82) is 0 Å². The van der Waals surface area contributed by atoms with E-state index in [0.717, 1.165) is 30.4 Å². The average Bonchev–Trinajstić information content (AvgIpc) is 2.82. The minimum atomic E-state index is 0.441. The number of nitrogens with one attached hydrogen (secondary N) is 2. The van der Waals surface area contributed by atoms with Crippen LogP contribution in [0.15, 0.2) is 6.07 Å². The number of anilines is 2. The van der Waals surface area contributed by atoms with Crippen molar-refractivity contribution in [3.8, 4) is 0 Å². The summed E-state index contributed by atoms with van der Waals surface area (Å²) < 4.78 is 5.15. The maximum Gasteiger partial charge on any atom is 0.158 e. The molecule has 1 aromatic heterocycles. The second-order valence-electron chi connectivity index (χ2n) is 5.57. The number of rotatable bonds is 7. The van der Waals surface area contributed by atoms with Crippen LogP contribution in [0.4, 0.5) is 11.6 Å². The number of aromatic nitrogens is 2. The fraction of sp³-hybridized carbons (Fsp3) is 0.733. The first-order valence-corrected chi connectivity index (χ1v) is 7.60. The van der Waals surface area contributed by atoms with Gasteiger partial charge >= 0.3 is 0 Å². The van der Waals surface area contributed by atoms with E-state index < -0.39 is 0 Å². The van der Waals surface area contributed by atoms with E-state index in [4.69, 9.17) is 4.74 Å². The fourth-order valence-corrected chi connectivity index (χ4v) is 2.66. The lowest BCUT2D eigenvalue weighted by Crippen LogP contribution is -2.23. The molecule has 0 spiro atoms. The molecule has 2 atom stereocenters. The lowest BCUT2D eigenvalue weighted by Gasteiger charge is -2.19. The number of hydrogen-bond donors (Lipinski definition) is 2. The molecule has 5 nitrogen and oxygen atoms in total. The summed E-state index contributed by atoms with van der Waals surface area (Å²) in [6.45, 7) is 5.81. The van der Waals surface area contributed by atoms with E-state index in [2.05, 4.69) is 34.4 Å². The molecule has 5 heteroatoms. The summed E-state index contributed by atoms with van der Waals surface area (Å²) in [6, 6.07) is 2.53. The molecule has 0 bridgehead atoms. The minimum Gasteiger partial charge on any atom is -0.377 e. The first-order valence-electron chi connectivity index (χ1n) is 7.60. The Kier molecular flexibility index (Phi) is 5.59. The highest BCUT2D eigenvalue weighted by Gasteiger charge is 2.23. The molecule has 1 fully saturated rings. The highest BCUT2D eigenvalue weighted by atomic mass is 16.5. The van der Waals surface area contributed by atoms with Crippen LogP contribution in [0.3, 0.4) is 0 Å². The molecule has 0 amide bonds. The molecule has 2 unspecified atom stereocenters. The second-order valence-corrected chi connectivity index (χ2v) is 5.57. The second kappa shape index (κ2) is 7.43. The number of ether oxygens (including phenoxy) is 1. The summed E-state index contributed by atoms with van der Waals surface area (Å²) in [5, 5.41) is 6.88. The van der Waals surface area contributed by atoms with Gasteiger partial charge in [-0.25, -0.2) is 9.97 Å². The summed E-state index contributed by atoms with van der Waals surface area (Å²) in [5.41, 5.74) is 0. The molecule has 0 saturated heterocycles.